The lowest BCUT2D eigenvalue weighted by molar-refractivity contribution is -0.142. The monoisotopic (exact) mass is 545 g/mol. The van der Waals surface area contributed by atoms with Crippen molar-refractivity contribution in [2.75, 3.05) is 5.32 Å². The third kappa shape index (κ3) is 6.73. The summed E-state index contributed by atoms with van der Waals surface area (Å²) < 4.78 is 5.43. The molecule has 3 N–H and O–H groups in total. The van der Waals surface area contributed by atoms with E-state index in [4.69, 9.17) is 4.74 Å². The molecule has 0 aliphatic heterocycles. The maximum atomic E-state index is 14.3. The topological polar surface area (TPSA) is 108 Å². The summed E-state index contributed by atoms with van der Waals surface area (Å²) in [5, 5.41) is 18.6. The van der Waals surface area contributed by atoms with Gasteiger partial charge in [-0.15, -0.1) is 0 Å². The van der Waals surface area contributed by atoms with Crippen molar-refractivity contribution in [1.29, 1.82) is 0 Å². The molecule has 1 aliphatic carbocycles. The summed E-state index contributed by atoms with van der Waals surface area (Å²) >= 11 is 0. The lowest BCUT2D eigenvalue weighted by Gasteiger charge is -2.36. The van der Waals surface area contributed by atoms with Gasteiger partial charge in [-0.05, 0) is 68.0 Å². The van der Waals surface area contributed by atoms with Gasteiger partial charge < -0.3 is 25.4 Å². The third-order valence-electron chi connectivity index (χ3n) is 7.06. The van der Waals surface area contributed by atoms with Crippen LogP contribution < -0.4 is 10.6 Å². The second-order valence-electron chi connectivity index (χ2n) is 11.9. The number of anilines is 1. The average Bonchev–Trinajstić information content (AvgIpc) is 3.60. The number of hydrogen-bond acceptors (Lipinski definition) is 5. The summed E-state index contributed by atoms with van der Waals surface area (Å²) in [7, 11) is 0. The van der Waals surface area contributed by atoms with Gasteiger partial charge in [-0.2, -0.15) is 0 Å². The molecule has 1 fully saturated rings. The minimum Gasteiger partial charge on any atom is -0.508 e. The lowest BCUT2D eigenvalue weighted by Crippen LogP contribution is -2.55. The van der Waals surface area contributed by atoms with Crippen LogP contribution in [0.25, 0.3) is 10.8 Å². The lowest BCUT2D eigenvalue weighted by atomic mass is 9.97. The summed E-state index contributed by atoms with van der Waals surface area (Å²) in [6.07, 6.45) is -0.000787. The summed E-state index contributed by atoms with van der Waals surface area (Å²) in [6, 6.07) is 17.7. The Morgan fingerprint density at radius 2 is 1.60 bits per heavy atom. The Morgan fingerprint density at radius 3 is 2.20 bits per heavy atom. The Hall–Kier alpha value is -4.07. The molecule has 1 aliphatic rings. The highest BCUT2D eigenvalue weighted by Crippen LogP contribution is 2.43. The standard InChI is InChI=1S/C32H39N3O5/c1-19(2)27(34-31(39)40-32(4,5)6)30(38)35(25-17-20(25)3)28(24-13-9-10-14-26(24)36)29(37)33-23-16-15-21-11-7-8-12-22(21)18-23/h7-16,18-20,25,27-28,36H,17H2,1-6H3,(H,33,37)(H,34,39). The maximum Gasteiger partial charge on any atom is 0.408 e. The Kier molecular flexibility index (Phi) is 8.37. The molecule has 4 unspecified atom stereocenters. The van der Waals surface area contributed by atoms with Gasteiger partial charge in [0.05, 0.1) is 0 Å². The molecule has 212 valence electrons. The molecule has 4 atom stereocenters. The highest BCUT2D eigenvalue weighted by Gasteiger charge is 2.49. The Labute approximate surface area is 235 Å². The molecule has 0 aromatic heterocycles. The van der Waals surface area contributed by atoms with E-state index in [1.165, 1.54) is 11.0 Å². The number of nitrogens with one attached hydrogen (secondary N) is 2. The van der Waals surface area contributed by atoms with Crippen LogP contribution in [0.5, 0.6) is 5.75 Å². The van der Waals surface area contributed by atoms with Crippen molar-refractivity contribution >= 4 is 34.4 Å². The Bertz CT molecular complexity index is 1400. The van der Waals surface area contributed by atoms with E-state index in [2.05, 4.69) is 10.6 Å². The fourth-order valence-corrected chi connectivity index (χ4v) is 4.89. The van der Waals surface area contributed by atoms with E-state index in [1.807, 2.05) is 63.2 Å². The number of rotatable bonds is 8. The number of phenols is 1. The summed E-state index contributed by atoms with van der Waals surface area (Å²) in [5.41, 5.74) is 0.151. The van der Waals surface area contributed by atoms with Gasteiger partial charge in [-0.25, -0.2) is 4.79 Å². The largest absolute Gasteiger partial charge is 0.508 e. The van der Waals surface area contributed by atoms with Crippen molar-refractivity contribution in [2.45, 2.75) is 71.7 Å². The number of amides is 3. The van der Waals surface area contributed by atoms with E-state index >= 15 is 0 Å². The van der Waals surface area contributed by atoms with Crippen LogP contribution in [0.1, 0.15) is 59.6 Å². The summed E-state index contributed by atoms with van der Waals surface area (Å²) in [5.74, 6) is -1.08. The van der Waals surface area contributed by atoms with Crippen LogP contribution in [-0.2, 0) is 14.3 Å². The van der Waals surface area contributed by atoms with Gasteiger partial charge in [0.15, 0.2) is 0 Å². The molecule has 1 saturated carbocycles. The fraction of sp³-hybridized carbons (Fsp3) is 0.406. The quantitative estimate of drug-likeness (QED) is 0.321. The SMILES string of the molecule is CC(C)C(NC(=O)OC(C)(C)C)C(=O)N(C(C(=O)Nc1ccc2ccccc2c1)c1ccccc1O)C1CC1C. The molecule has 0 radical (unpaired) electrons. The second-order valence-corrected chi connectivity index (χ2v) is 11.9. The van der Waals surface area contributed by atoms with Crippen molar-refractivity contribution in [2.24, 2.45) is 11.8 Å². The van der Waals surface area contributed by atoms with Crippen LogP contribution in [0.3, 0.4) is 0 Å². The minimum absolute atomic E-state index is 0.0894. The normalized spacial score (nSPS) is 18.1. The van der Waals surface area contributed by atoms with E-state index in [-0.39, 0.29) is 23.6 Å². The van der Waals surface area contributed by atoms with E-state index in [0.717, 1.165) is 10.8 Å². The third-order valence-corrected chi connectivity index (χ3v) is 7.06. The smallest absolute Gasteiger partial charge is 0.408 e. The molecule has 40 heavy (non-hydrogen) atoms. The number of carbonyl (C=O) groups is 3. The van der Waals surface area contributed by atoms with Gasteiger partial charge in [0, 0.05) is 17.3 Å². The second kappa shape index (κ2) is 11.6. The minimum atomic E-state index is -1.13. The zero-order valence-electron chi connectivity index (χ0n) is 24.0. The Balaban J connectivity index is 1.72. The molecular weight excluding hydrogens is 506 g/mol. The highest BCUT2D eigenvalue weighted by molar-refractivity contribution is 6.01. The van der Waals surface area contributed by atoms with Crippen LogP contribution in [0, 0.1) is 11.8 Å². The fourth-order valence-electron chi connectivity index (χ4n) is 4.89. The number of hydrogen-bond donors (Lipinski definition) is 3. The number of fused-ring (bicyclic) bond motifs is 1. The summed E-state index contributed by atoms with van der Waals surface area (Å²) in [6.45, 7) is 10.9. The van der Waals surface area contributed by atoms with Crippen molar-refractivity contribution < 1.29 is 24.2 Å². The number of carbonyl (C=O) groups excluding carboxylic acids is 3. The van der Waals surface area contributed by atoms with Crippen molar-refractivity contribution in [3.8, 4) is 5.75 Å². The number of aromatic hydroxyl groups is 1. The van der Waals surface area contributed by atoms with E-state index in [0.29, 0.717) is 17.7 Å². The van der Waals surface area contributed by atoms with Gasteiger partial charge in [0.2, 0.25) is 5.91 Å². The Morgan fingerprint density at radius 1 is 0.975 bits per heavy atom. The first-order chi connectivity index (χ1) is 18.9. The maximum absolute atomic E-state index is 14.3. The first-order valence-corrected chi connectivity index (χ1v) is 13.7. The average molecular weight is 546 g/mol. The van der Waals surface area contributed by atoms with Gasteiger partial charge in [-0.3, -0.25) is 9.59 Å². The molecule has 3 aromatic carbocycles. The predicted molar refractivity (Wildman–Crippen MR) is 156 cm³/mol. The molecule has 0 bridgehead atoms. The van der Waals surface area contributed by atoms with Gasteiger partial charge in [0.25, 0.3) is 5.91 Å². The molecule has 3 amide bonds. The number of nitrogens with zero attached hydrogens (tertiary/aromatic N) is 1. The van der Waals surface area contributed by atoms with Crippen molar-refractivity contribution in [3.63, 3.8) is 0 Å². The molecular formula is C32H39N3O5. The number of benzene rings is 3. The zero-order chi connectivity index (χ0) is 29.2. The molecule has 3 aromatic rings. The van der Waals surface area contributed by atoms with Crippen molar-refractivity contribution in [1.82, 2.24) is 10.2 Å². The molecule has 0 spiro atoms. The molecule has 8 heteroatoms. The molecule has 4 rings (SSSR count). The van der Waals surface area contributed by atoms with Crippen LogP contribution in [0.15, 0.2) is 66.7 Å². The van der Waals surface area contributed by atoms with Gasteiger partial charge >= 0.3 is 6.09 Å². The number of alkyl carbamates (subject to hydrolysis) is 1. The van der Waals surface area contributed by atoms with Crippen LogP contribution in [0.4, 0.5) is 10.5 Å². The number of phenolic OH excluding ortho intramolecular Hbond substituents is 1. The van der Waals surface area contributed by atoms with Crippen LogP contribution in [-0.4, -0.2) is 45.6 Å². The van der Waals surface area contributed by atoms with E-state index in [1.54, 1.807) is 39.0 Å². The van der Waals surface area contributed by atoms with E-state index in [9.17, 15) is 19.5 Å². The van der Waals surface area contributed by atoms with Crippen molar-refractivity contribution in [3.05, 3.63) is 72.3 Å². The first kappa shape index (κ1) is 28.9. The van der Waals surface area contributed by atoms with Gasteiger partial charge in [-0.1, -0.05) is 69.3 Å². The van der Waals surface area contributed by atoms with Crippen LogP contribution in [0.2, 0.25) is 0 Å². The number of para-hydroxylation sites is 1. The zero-order valence-corrected chi connectivity index (χ0v) is 24.0. The van der Waals surface area contributed by atoms with E-state index < -0.39 is 35.6 Å². The summed E-state index contributed by atoms with van der Waals surface area (Å²) in [4.78, 5) is 42.6. The first-order valence-electron chi connectivity index (χ1n) is 13.7. The number of ether oxygens (including phenoxy) is 1. The molecule has 8 nitrogen and oxygen atoms in total. The molecule has 0 saturated heterocycles. The van der Waals surface area contributed by atoms with Gasteiger partial charge in [0.1, 0.15) is 23.4 Å². The predicted octanol–water partition coefficient (Wildman–Crippen LogP) is 6.01. The van der Waals surface area contributed by atoms with Crippen LogP contribution >= 0.6 is 0 Å². The molecule has 0 heterocycles. The highest BCUT2D eigenvalue weighted by atomic mass is 16.6.